The number of amides is 1. The first-order valence-corrected chi connectivity index (χ1v) is 11.9. The summed E-state index contributed by atoms with van der Waals surface area (Å²) < 4.78 is 5.45. The lowest BCUT2D eigenvalue weighted by Crippen LogP contribution is -2.68. The minimum atomic E-state index is -0.566. The molecule has 0 spiro atoms. The van der Waals surface area contributed by atoms with Crippen LogP contribution in [0.3, 0.4) is 0 Å². The van der Waals surface area contributed by atoms with Gasteiger partial charge in [0.25, 0.3) is 0 Å². The van der Waals surface area contributed by atoms with E-state index in [0.717, 1.165) is 38.4 Å². The molecule has 33 heavy (non-hydrogen) atoms. The summed E-state index contributed by atoms with van der Waals surface area (Å²) in [5.41, 5.74) is 5.33. The van der Waals surface area contributed by atoms with Crippen LogP contribution in [0.15, 0.2) is 60.7 Å². The van der Waals surface area contributed by atoms with Gasteiger partial charge in [0.2, 0.25) is 5.91 Å². The Morgan fingerprint density at radius 2 is 1.76 bits per heavy atom. The van der Waals surface area contributed by atoms with E-state index in [9.17, 15) is 4.79 Å². The van der Waals surface area contributed by atoms with Crippen molar-refractivity contribution in [2.24, 2.45) is 0 Å². The van der Waals surface area contributed by atoms with Crippen molar-refractivity contribution < 1.29 is 9.53 Å². The summed E-state index contributed by atoms with van der Waals surface area (Å²) in [6.07, 6.45) is 8.95. The fraction of sp³-hybridized carbons (Fsp3) is 0.393. The molecule has 1 unspecified atom stereocenters. The fourth-order valence-electron chi connectivity index (χ4n) is 5.45. The van der Waals surface area contributed by atoms with Gasteiger partial charge >= 0.3 is 0 Å². The first kappa shape index (κ1) is 21.8. The molecule has 5 heteroatoms. The van der Waals surface area contributed by atoms with Gasteiger partial charge < -0.3 is 19.9 Å². The maximum absolute atomic E-state index is 12.5. The number of carbonyl (C=O) groups is 1. The highest BCUT2D eigenvalue weighted by Crippen LogP contribution is 2.52. The van der Waals surface area contributed by atoms with Crippen LogP contribution in [0.5, 0.6) is 0 Å². The standard InChI is InChI=1S/C28H33N3O2/c1-21-7-12-25-24(20-21)27(2,3)28(29-26(32)13-15-31(25)28)14-5-4-6-22-8-10-23(11-9-22)30-16-18-33-19-17-30/h4-12,14,20H,13,15-19H2,1-3H3,(H,29,32). The Hall–Kier alpha value is -3.05. The van der Waals surface area contributed by atoms with Gasteiger partial charge in [-0.1, -0.05) is 61.9 Å². The Morgan fingerprint density at radius 1 is 1.00 bits per heavy atom. The molecule has 1 amide bonds. The molecule has 3 heterocycles. The fourth-order valence-corrected chi connectivity index (χ4v) is 5.45. The lowest BCUT2D eigenvalue weighted by atomic mass is 9.74. The molecule has 2 fully saturated rings. The second kappa shape index (κ2) is 8.38. The number of carbonyl (C=O) groups excluding carboxylic acids is 1. The minimum absolute atomic E-state index is 0.108. The van der Waals surface area contributed by atoms with E-state index in [1.807, 2.05) is 0 Å². The van der Waals surface area contributed by atoms with Crippen molar-refractivity contribution in [2.75, 3.05) is 42.6 Å². The summed E-state index contributed by atoms with van der Waals surface area (Å²) >= 11 is 0. The predicted octanol–water partition coefficient (Wildman–Crippen LogP) is 4.42. The Morgan fingerprint density at radius 3 is 2.52 bits per heavy atom. The summed E-state index contributed by atoms with van der Waals surface area (Å²) in [6, 6.07) is 15.3. The summed E-state index contributed by atoms with van der Waals surface area (Å²) in [7, 11) is 0. The number of ether oxygens (including phenoxy) is 1. The van der Waals surface area contributed by atoms with Crippen LogP contribution >= 0.6 is 0 Å². The molecule has 2 saturated heterocycles. The van der Waals surface area contributed by atoms with Gasteiger partial charge in [-0.25, -0.2) is 0 Å². The maximum atomic E-state index is 12.5. The topological polar surface area (TPSA) is 44.8 Å². The summed E-state index contributed by atoms with van der Waals surface area (Å²) in [6.45, 7) is 10.8. The second-order valence-electron chi connectivity index (χ2n) is 9.77. The minimum Gasteiger partial charge on any atom is -0.378 e. The Bertz CT molecular complexity index is 1100. The first-order valence-electron chi connectivity index (χ1n) is 11.9. The molecule has 5 nitrogen and oxygen atoms in total. The van der Waals surface area contributed by atoms with E-state index in [1.165, 1.54) is 22.5 Å². The molecule has 3 aliphatic heterocycles. The predicted molar refractivity (Wildman–Crippen MR) is 135 cm³/mol. The molecule has 0 aliphatic carbocycles. The highest BCUT2D eigenvalue weighted by Gasteiger charge is 2.57. The number of hydrogen-bond donors (Lipinski definition) is 1. The van der Waals surface area contributed by atoms with E-state index in [1.54, 1.807) is 0 Å². The van der Waals surface area contributed by atoms with E-state index < -0.39 is 5.66 Å². The summed E-state index contributed by atoms with van der Waals surface area (Å²) in [5, 5.41) is 3.34. The molecule has 5 rings (SSSR count). The average molecular weight is 444 g/mol. The quantitative estimate of drug-likeness (QED) is 0.711. The molecule has 2 aromatic rings. The highest BCUT2D eigenvalue weighted by atomic mass is 16.5. The van der Waals surface area contributed by atoms with Crippen LogP contribution in [0, 0.1) is 6.92 Å². The van der Waals surface area contributed by atoms with Crippen molar-refractivity contribution in [3.05, 3.63) is 77.4 Å². The van der Waals surface area contributed by atoms with Crippen LogP contribution in [0.25, 0.3) is 6.08 Å². The van der Waals surface area contributed by atoms with Crippen molar-refractivity contribution >= 4 is 23.4 Å². The zero-order valence-corrected chi connectivity index (χ0v) is 19.8. The molecule has 0 saturated carbocycles. The molecule has 0 aromatic heterocycles. The molecule has 1 N–H and O–H groups in total. The van der Waals surface area contributed by atoms with Crippen LogP contribution in [0.1, 0.15) is 37.0 Å². The molecular formula is C28H33N3O2. The van der Waals surface area contributed by atoms with Gasteiger partial charge in [-0.3, -0.25) is 4.79 Å². The SMILES string of the molecule is Cc1ccc2c(c1)C(C)(C)C1(C=CC=Cc3ccc(N4CCOCC4)cc3)NC(=O)CCN21. The number of hydrogen-bond acceptors (Lipinski definition) is 4. The van der Waals surface area contributed by atoms with E-state index in [0.29, 0.717) is 6.42 Å². The maximum Gasteiger partial charge on any atom is 0.223 e. The molecule has 0 bridgehead atoms. The van der Waals surface area contributed by atoms with Crippen molar-refractivity contribution in [1.82, 2.24) is 5.32 Å². The number of fused-ring (bicyclic) bond motifs is 3. The number of morpholine rings is 1. The van der Waals surface area contributed by atoms with Crippen LogP contribution in [-0.2, 0) is 14.9 Å². The van der Waals surface area contributed by atoms with E-state index >= 15 is 0 Å². The molecule has 172 valence electrons. The van der Waals surface area contributed by atoms with Crippen molar-refractivity contribution in [3.63, 3.8) is 0 Å². The molecular weight excluding hydrogens is 410 g/mol. The number of aryl methyl sites for hydroxylation is 1. The lowest BCUT2D eigenvalue weighted by Gasteiger charge is -2.49. The first-order chi connectivity index (χ1) is 15.9. The Kier molecular flexibility index (Phi) is 5.53. The molecule has 1 atom stereocenters. The number of rotatable bonds is 4. The van der Waals surface area contributed by atoms with Crippen molar-refractivity contribution in [3.8, 4) is 0 Å². The van der Waals surface area contributed by atoms with Gasteiger partial charge in [0.15, 0.2) is 0 Å². The van der Waals surface area contributed by atoms with Crippen LogP contribution in [-0.4, -0.2) is 44.4 Å². The van der Waals surface area contributed by atoms with Gasteiger partial charge in [0.1, 0.15) is 5.66 Å². The Balaban J connectivity index is 1.38. The third-order valence-electron chi connectivity index (χ3n) is 7.39. The van der Waals surface area contributed by atoms with Crippen molar-refractivity contribution in [2.45, 2.75) is 38.3 Å². The normalized spacial score (nSPS) is 24.3. The van der Waals surface area contributed by atoms with Gasteiger partial charge in [-0.2, -0.15) is 0 Å². The zero-order valence-electron chi connectivity index (χ0n) is 19.8. The number of allylic oxidation sites excluding steroid dienone is 2. The number of benzene rings is 2. The van der Waals surface area contributed by atoms with Gasteiger partial charge in [0, 0.05) is 42.8 Å². The third-order valence-corrected chi connectivity index (χ3v) is 7.39. The van der Waals surface area contributed by atoms with Gasteiger partial charge in [0.05, 0.1) is 13.2 Å². The molecule has 3 aliphatic rings. The van der Waals surface area contributed by atoms with Gasteiger partial charge in [-0.15, -0.1) is 0 Å². The monoisotopic (exact) mass is 443 g/mol. The lowest BCUT2D eigenvalue weighted by molar-refractivity contribution is -0.124. The molecule has 0 radical (unpaired) electrons. The third kappa shape index (κ3) is 3.74. The van der Waals surface area contributed by atoms with Crippen LogP contribution in [0.2, 0.25) is 0 Å². The van der Waals surface area contributed by atoms with E-state index in [4.69, 9.17) is 4.74 Å². The zero-order chi connectivity index (χ0) is 23.1. The van der Waals surface area contributed by atoms with E-state index in [-0.39, 0.29) is 11.3 Å². The smallest absolute Gasteiger partial charge is 0.223 e. The van der Waals surface area contributed by atoms with Crippen molar-refractivity contribution in [1.29, 1.82) is 0 Å². The van der Waals surface area contributed by atoms with Crippen LogP contribution in [0.4, 0.5) is 11.4 Å². The summed E-state index contributed by atoms with van der Waals surface area (Å²) in [4.78, 5) is 17.3. The second-order valence-corrected chi connectivity index (χ2v) is 9.77. The molecule has 2 aromatic carbocycles. The average Bonchev–Trinajstić information content (AvgIpc) is 3.01. The Labute approximate surface area is 196 Å². The largest absolute Gasteiger partial charge is 0.378 e. The van der Waals surface area contributed by atoms with E-state index in [2.05, 4.69) is 103 Å². The van der Waals surface area contributed by atoms with Crippen LogP contribution < -0.4 is 15.1 Å². The van der Waals surface area contributed by atoms with Gasteiger partial charge in [-0.05, 0) is 42.3 Å². The number of nitrogens with zero attached hydrogens (tertiary/aromatic N) is 2. The number of nitrogens with one attached hydrogen (secondary N) is 1. The highest BCUT2D eigenvalue weighted by molar-refractivity contribution is 5.84. The number of anilines is 2. The summed E-state index contributed by atoms with van der Waals surface area (Å²) in [5.74, 6) is 0.108.